The quantitative estimate of drug-likeness (QED) is 0.0416. The normalized spacial score (nSPS) is 11.6. The van der Waals surface area contributed by atoms with Crippen molar-refractivity contribution >= 4 is 11.9 Å². The van der Waals surface area contributed by atoms with E-state index in [0.717, 1.165) is 25.7 Å². The van der Waals surface area contributed by atoms with E-state index >= 15 is 0 Å². The van der Waals surface area contributed by atoms with Gasteiger partial charge in [-0.1, -0.05) is 141 Å². The van der Waals surface area contributed by atoms with Gasteiger partial charge in [0, 0.05) is 19.3 Å². The Labute approximate surface area is 268 Å². The number of rotatable bonds is 34. The topological polar surface area (TPSA) is 52.6 Å². The zero-order chi connectivity index (χ0) is 31.3. The molecule has 0 aliphatic carbocycles. The first kappa shape index (κ1) is 41.4. The first-order chi connectivity index (χ1) is 21.2. The number of esters is 2. The van der Waals surface area contributed by atoms with E-state index < -0.39 is 0 Å². The van der Waals surface area contributed by atoms with Gasteiger partial charge >= 0.3 is 11.9 Å². The zero-order valence-corrected chi connectivity index (χ0v) is 28.9. The van der Waals surface area contributed by atoms with Gasteiger partial charge in [-0.05, 0) is 64.2 Å². The second kappa shape index (κ2) is 36.6. The molecule has 0 saturated carbocycles. The van der Waals surface area contributed by atoms with Crippen LogP contribution < -0.4 is 0 Å². The van der Waals surface area contributed by atoms with Crippen molar-refractivity contribution in [2.45, 2.75) is 200 Å². The highest BCUT2D eigenvalue weighted by Gasteiger charge is 2.05. The van der Waals surface area contributed by atoms with Gasteiger partial charge in [-0.3, -0.25) is 9.59 Å². The second-order valence-electron chi connectivity index (χ2n) is 12.5. The van der Waals surface area contributed by atoms with Crippen molar-refractivity contribution in [1.82, 2.24) is 0 Å². The summed E-state index contributed by atoms with van der Waals surface area (Å²) in [7, 11) is 0. The summed E-state index contributed by atoms with van der Waals surface area (Å²) < 4.78 is 10.6. The number of carbonyl (C=O) groups is 2. The Hall–Kier alpha value is -1.58. The Balaban J connectivity index is 3.33. The average Bonchev–Trinajstić information content (AvgIpc) is 3.00. The summed E-state index contributed by atoms with van der Waals surface area (Å²) in [5.74, 6) is -0.255. The van der Waals surface area contributed by atoms with Gasteiger partial charge < -0.3 is 9.47 Å². The number of allylic oxidation sites excluding steroid dienone is 4. The fourth-order valence-corrected chi connectivity index (χ4v) is 5.26. The van der Waals surface area contributed by atoms with Crippen molar-refractivity contribution in [3.05, 3.63) is 24.3 Å². The molecule has 0 aromatic rings. The molecule has 4 heteroatoms. The highest BCUT2D eigenvalue weighted by Crippen LogP contribution is 2.12. The van der Waals surface area contributed by atoms with E-state index in [2.05, 4.69) is 38.2 Å². The lowest BCUT2D eigenvalue weighted by molar-refractivity contribution is -0.146. The molecule has 0 aliphatic heterocycles. The Morgan fingerprint density at radius 2 is 0.651 bits per heavy atom. The maximum Gasteiger partial charge on any atom is 0.305 e. The molecule has 0 spiro atoms. The minimum absolute atomic E-state index is 0.128. The molecule has 0 radical (unpaired) electrons. The zero-order valence-electron chi connectivity index (χ0n) is 28.9. The minimum Gasteiger partial charge on any atom is -0.466 e. The van der Waals surface area contributed by atoms with Crippen molar-refractivity contribution in [2.75, 3.05) is 13.2 Å². The van der Waals surface area contributed by atoms with Crippen LogP contribution in [0.5, 0.6) is 0 Å². The molecule has 252 valence electrons. The number of unbranched alkanes of at least 4 members (excludes halogenated alkanes) is 22. The van der Waals surface area contributed by atoms with Crippen molar-refractivity contribution in [3.8, 4) is 0 Å². The third kappa shape index (κ3) is 36.5. The van der Waals surface area contributed by atoms with E-state index in [9.17, 15) is 9.59 Å². The molecule has 43 heavy (non-hydrogen) atoms. The summed E-state index contributed by atoms with van der Waals surface area (Å²) in [6.45, 7) is 5.21. The monoisotopic (exact) mass is 605 g/mol. The van der Waals surface area contributed by atoms with Gasteiger partial charge in [0.05, 0.1) is 13.2 Å². The molecule has 0 heterocycles. The molecule has 0 bridgehead atoms. The van der Waals surface area contributed by atoms with Crippen LogP contribution >= 0.6 is 0 Å². The van der Waals surface area contributed by atoms with Gasteiger partial charge in [0.15, 0.2) is 0 Å². The van der Waals surface area contributed by atoms with Crippen molar-refractivity contribution in [3.63, 3.8) is 0 Å². The average molecular weight is 605 g/mol. The third-order valence-electron chi connectivity index (χ3n) is 8.10. The van der Waals surface area contributed by atoms with E-state index in [1.807, 2.05) is 0 Å². The summed E-state index contributed by atoms with van der Waals surface area (Å²) in [4.78, 5) is 23.8. The van der Waals surface area contributed by atoms with Gasteiger partial charge in [0.25, 0.3) is 0 Å². The molecule has 0 aromatic carbocycles. The van der Waals surface area contributed by atoms with Gasteiger partial charge in [0.2, 0.25) is 0 Å². The standard InChI is InChI=1S/C39H72O4/c1-3-5-7-9-11-13-15-17-19-21-23-25-27-29-31-34-38(40)42-36-33-37-43-39(41)35-32-30-28-26-24-22-20-18-16-14-12-10-8-6-4-2/h17-20H,3-16,21-37H2,1-2H3. The predicted octanol–water partition coefficient (Wildman–Crippen LogP) is 12.5. The summed E-state index contributed by atoms with van der Waals surface area (Å²) in [6, 6.07) is 0. The predicted molar refractivity (Wildman–Crippen MR) is 185 cm³/mol. The lowest BCUT2D eigenvalue weighted by Crippen LogP contribution is -2.10. The first-order valence-electron chi connectivity index (χ1n) is 18.8. The SMILES string of the molecule is CCCCCCCCC=CCCCCCCCC(=O)OCCCOC(=O)CCCCCCCC=CCCCCCCCC. The van der Waals surface area contributed by atoms with Crippen molar-refractivity contribution in [2.24, 2.45) is 0 Å². The van der Waals surface area contributed by atoms with Gasteiger partial charge in [-0.15, -0.1) is 0 Å². The minimum atomic E-state index is -0.128. The van der Waals surface area contributed by atoms with Gasteiger partial charge in [-0.2, -0.15) is 0 Å². The third-order valence-corrected chi connectivity index (χ3v) is 8.10. The lowest BCUT2D eigenvalue weighted by atomic mass is 10.1. The van der Waals surface area contributed by atoms with E-state index in [0.29, 0.717) is 32.5 Å². The fourth-order valence-electron chi connectivity index (χ4n) is 5.26. The second-order valence-corrected chi connectivity index (χ2v) is 12.5. The maximum atomic E-state index is 11.9. The van der Waals surface area contributed by atoms with Crippen molar-refractivity contribution < 1.29 is 19.1 Å². The molecule has 0 amide bonds. The maximum absolute atomic E-state index is 11.9. The highest BCUT2D eigenvalue weighted by molar-refractivity contribution is 5.69. The summed E-state index contributed by atoms with van der Waals surface area (Å²) in [6.07, 6.45) is 43.5. The Morgan fingerprint density at radius 3 is 0.977 bits per heavy atom. The lowest BCUT2D eigenvalue weighted by Gasteiger charge is -2.06. The molecular weight excluding hydrogens is 532 g/mol. The van der Waals surface area contributed by atoms with Crippen LogP contribution in [0.25, 0.3) is 0 Å². The van der Waals surface area contributed by atoms with Gasteiger partial charge in [-0.25, -0.2) is 0 Å². The van der Waals surface area contributed by atoms with E-state index in [1.54, 1.807) is 0 Å². The largest absolute Gasteiger partial charge is 0.466 e. The van der Waals surface area contributed by atoms with E-state index in [1.165, 1.54) is 141 Å². The van der Waals surface area contributed by atoms with Crippen LogP contribution in [0.4, 0.5) is 0 Å². The Kier molecular flexibility index (Phi) is 35.3. The molecule has 4 nitrogen and oxygen atoms in total. The summed E-state index contributed by atoms with van der Waals surface area (Å²) in [5, 5.41) is 0. The molecule has 0 aliphatic rings. The molecule has 0 rings (SSSR count). The van der Waals surface area contributed by atoms with Gasteiger partial charge in [0.1, 0.15) is 0 Å². The molecule has 0 unspecified atom stereocenters. The van der Waals surface area contributed by atoms with Crippen molar-refractivity contribution in [1.29, 1.82) is 0 Å². The molecule has 0 fully saturated rings. The Morgan fingerprint density at radius 1 is 0.372 bits per heavy atom. The van der Waals surface area contributed by atoms with Crippen LogP contribution in [0.1, 0.15) is 200 Å². The number of ether oxygens (including phenoxy) is 2. The van der Waals surface area contributed by atoms with Crippen LogP contribution in [-0.4, -0.2) is 25.2 Å². The smallest absolute Gasteiger partial charge is 0.305 e. The highest BCUT2D eigenvalue weighted by atomic mass is 16.5. The summed E-state index contributed by atoms with van der Waals surface area (Å²) >= 11 is 0. The number of hydrogen-bond donors (Lipinski definition) is 0. The Bertz CT molecular complexity index is 585. The van der Waals surface area contributed by atoms with Crippen LogP contribution in [0.2, 0.25) is 0 Å². The molecular formula is C39H72O4. The molecule has 0 aromatic heterocycles. The van der Waals surface area contributed by atoms with Crippen LogP contribution in [0.3, 0.4) is 0 Å². The molecule has 0 N–H and O–H groups in total. The van der Waals surface area contributed by atoms with E-state index in [4.69, 9.17) is 9.47 Å². The number of carbonyl (C=O) groups excluding carboxylic acids is 2. The molecule has 0 saturated heterocycles. The van der Waals surface area contributed by atoms with E-state index in [-0.39, 0.29) is 11.9 Å². The first-order valence-corrected chi connectivity index (χ1v) is 18.8. The van der Waals surface area contributed by atoms with Crippen LogP contribution in [0, 0.1) is 0 Å². The van der Waals surface area contributed by atoms with Crippen LogP contribution in [-0.2, 0) is 19.1 Å². The summed E-state index contributed by atoms with van der Waals surface area (Å²) in [5.41, 5.74) is 0. The fraction of sp³-hybridized carbons (Fsp3) is 0.846. The molecule has 0 atom stereocenters. The number of hydrogen-bond acceptors (Lipinski definition) is 4. The van der Waals surface area contributed by atoms with Crippen LogP contribution in [0.15, 0.2) is 24.3 Å².